The fourth-order valence-corrected chi connectivity index (χ4v) is 2.46. The molecule has 0 unspecified atom stereocenters. The lowest BCUT2D eigenvalue weighted by Crippen LogP contribution is -2.25. The van der Waals surface area contributed by atoms with Gasteiger partial charge in [0.1, 0.15) is 11.6 Å². The summed E-state index contributed by atoms with van der Waals surface area (Å²) in [5.74, 6) is 1.92. The molecule has 0 aliphatic carbocycles. The molecule has 0 aliphatic rings. The normalized spacial score (nSPS) is 10.6. The van der Waals surface area contributed by atoms with Crippen LogP contribution in [0.3, 0.4) is 0 Å². The number of benzene rings is 1. The molecule has 2 aromatic rings. The minimum absolute atomic E-state index is 0.878. The number of aromatic nitrogens is 1. The van der Waals surface area contributed by atoms with Crippen molar-refractivity contribution < 1.29 is 4.74 Å². The van der Waals surface area contributed by atoms with E-state index in [1.165, 1.54) is 5.39 Å². The van der Waals surface area contributed by atoms with Gasteiger partial charge in [0.2, 0.25) is 0 Å². The molecule has 4 heteroatoms. The Hall–Kier alpha value is -1.29. The average molecular weight is 309 g/mol. The van der Waals surface area contributed by atoms with Crippen LogP contribution in [0, 0.1) is 0 Å². The Labute approximate surface area is 116 Å². The Morgan fingerprint density at radius 2 is 2.17 bits per heavy atom. The Kier molecular flexibility index (Phi) is 4.42. The van der Waals surface area contributed by atoms with Crippen molar-refractivity contribution in [3.8, 4) is 5.75 Å². The molecule has 0 atom stereocenters. The van der Waals surface area contributed by atoms with E-state index >= 15 is 0 Å². The topological polar surface area (TPSA) is 25.4 Å². The second kappa shape index (κ2) is 6.05. The zero-order valence-corrected chi connectivity index (χ0v) is 12.3. The van der Waals surface area contributed by atoms with E-state index in [1.807, 2.05) is 24.4 Å². The van der Waals surface area contributed by atoms with Crippen LogP contribution in [0.1, 0.15) is 6.92 Å². The smallest absolute Gasteiger partial charge is 0.136 e. The van der Waals surface area contributed by atoms with E-state index in [4.69, 9.17) is 4.74 Å². The summed E-state index contributed by atoms with van der Waals surface area (Å²) in [6.45, 7) is 4.05. The summed E-state index contributed by atoms with van der Waals surface area (Å²) in [5, 5.41) is 3.27. The highest BCUT2D eigenvalue weighted by molar-refractivity contribution is 9.09. The average Bonchev–Trinajstić information content (AvgIpc) is 2.43. The van der Waals surface area contributed by atoms with E-state index in [9.17, 15) is 0 Å². The summed E-state index contributed by atoms with van der Waals surface area (Å²) in [6, 6.07) is 8.12. The largest absolute Gasteiger partial charge is 0.497 e. The number of pyridine rings is 1. The number of fused-ring (bicyclic) bond motifs is 1. The number of hydrogen-bond acceptors (Lipinski definition) is 3. The van der Waals surface area contributed by atoms with Crippen LogP contribution in [0.4, 0.5) is 5.82 Å². The summed E-state index contributed by atoms with van der Waals surface area (Å²) < 4.78 is 5.25. The molecule has 0 N–H and O–H groups in total. The summed E-state index contributed by atoms with van der Waals surface area (Å²) >= 11 is 3.49. The molecule has 1 aromatic heterocycles. The quantitative estimate of drug-likeness (QED) is 0.791. The number of nitrogens with zero attached hydrogens (tertiary/aromatic N) is 2. The van der Waals surface area contributed by atoms with Gasteiger partial charge in [-0.1, -0.05) is 15.9 Å². The third-order valence-corrected chi connectivity index (χ3v) is 3.34. The van der Waals surface area contributed by atoms with Crippen LogP contribution in [0.15, 0.2) is 30.5 Å². The van der Waals surface area contributed by atoms with E-state index in [2.05, 4.69) is 38.8 Å². The molecule has 0 spiro atoms. The highest BCUT2D eigenvalue weighted by Gasteiger charge is 2.09. The Balaban J connectivity index is 2.50. The maximum absolute atomic E-state index is 5.25. The highest BCUT2D eigenvalue weighted by atomic mass is 79.9. The minimum Gasteiger partial charge on any atom is -0.497 e. The molecule has 18 heavy (non-hydrogen) atoms. The van der Waals surface area contributed by atoms with Gasteiger partial charge in [0.05, 0.1) is 7.11 Å². The molecule has 0 aliphatic heterocycles. The zero-order valence-electron chi connectivity index (χ0n) is 10.7. The van der Waals surface area contributed by atoms with Crippen LogP contribution >= 0.6 is 15.9 Å². The summed E-state index contributed by atoms with van der Waals surface area (Å²) in [4.78, 5) is 6.78. The standard InChI is InChI=1S/C14H17BrN2O/c1-3-17(9-7-15)14-13-5-4-12(18-2)10-11(13)6-8-16-14/h4-6,8,10H,3,7,9H2,1-2H3. The second-order valence-corrected chi connectivity index (χ2v) is 4.78. The number of halogens is 1. The van der Waals surface area contributed by atoms with Crippen molar-refractivity contribution in [2.24, 2.45) is 0 Å². The van der Waals surface area contributed by atoms with Crippen molar-refractivity contribution in [3.05, 3.63) is 30.5 Å². The fraction of sp³-hybridized carbons (Fsp3) is 0.357. The van der Waals surface area contributed by atoms with E-state index in [0.29, 0.717) is 0 Å². The maximum atomic E-state index is 5.25. The molecule has 1 aromatic carbocycles. The van der Waals surface area contributed by atoms with Crippen LogP contribution in [0.25, 0.3) is 10.8 Å². The van der Waals surface area contributed by atoms with Crippen molar-refractivity contribution in [1.29, 1.82) is 0 Å². The van der Waals surface area contributed by atoms with Crippen molar-refractivity contribution in [2.45, 2.75) is 6.92 Å². The molecular formula is C14H17BrN2O. The first-order valence-electron chi connectivity index (χ1n) is 6.03. The van der Waals surface area contributed by atoms with Crippen molar-refractivity contribution in [2.75, 3.05) is 30.4 Å². The summed E-state index contributed by atoms with van der Waals surface area (Å²) in [5.41, 5.74) is 0. The summed E-state index contributed by atoms with van der Waals surface area (Å²) in [7, 11) is 1.69. The number of anilines is 1. The monoisotopic (exact) mass is 308 g/mol. The predicted molar refractivity (Wildman–Crippen MR) is 80.0 cm³/mol. The van der Waals surface area contributed by atoms with E-state index in [0.717, 1.165) is 35.4 Å². The van der Waals surface area contributed by atoms with Gasteiger partial charge in [0.15, 0.2) is 0 Å². The molecule has 0 fully saturated rings. The molecular weight excluding hydrogens is 292 g/mol. The lowest BCUT2D eigenvalue weighted by Gasteiger charge is -2.22. The van der Waals surface area contributed by atoms with Crippen LogP contribution in [0.5, 0.6) is 5.75 Å². The molecule has 0 saturated heterocycles. The zero-order chi connectivity index (χ0) is 13.0. The molecule has 0 saturated carbocycles. The first-order chi connectivity index (χ1) is 8.80. The third-order valence-electron chi connectivity index (χ3n) is 2.99. The molecule has 3 nitrogen and oxygen atoms in total. The highest BCUT2D eigenvalue weighted by Crippen LogP contribution is 2.27. The van der Waals surface area contributed by atoms with Gasteiger partial charge in [-0.25, -0.2) is 4.98 Å². The van der Waals surface area contributed by atoms with E-state index in [1.54, 1.807) is 7.11 Å². The van der Waals surface area contributed by atoms with E-state index < -0.39 is 0 Å². The molecule has 96 valence electrons. The van der Waals surface area contributed by atoms with Gasteiger partial charge in [0.25, 0.3) is 0 Å². The van der Waals surface area contributed by atoms with E-state index in [-0.39, 0.29) is 0 Å². The molecule has 2 rings (SSSR count). The minimum atomic E-state index is 0.878. The van der Waals surface area contributed by atoms with Gasteiger partial charge in [-0.2, -0.15) is 0 Å². The summed E-state index contributed by atoms with van der Waals surface area (Å²) in [6.07, 6.45) is 1.86. The van der Waals surface area contributed by atoms with Crippen LogP contribution < -0.4 is 9.64 Å². The third kappa shape index (κ3) is 2.58. The lowest BCUT2D eigenvalue weighted by atomic mass is 10.1. The number of rotatable bonds is 5. The number of ether oxygens (including phenoxy) is 1. The number of methoxy groups -OCH3 is 1. The fourth-order valence-electron chi connectivity index (χ4n) is 2.03. The van der Waals surface area contributed by atoms with Crippen LogP contribution in [-0.4, -0.2) is 30.5 Å². The van der Waals surface area contributed by atoms with Gasteiger partial charge >= 0.3 is 0 Å². The number of alkyl halides is 1. The van der Waals surface area contributed by atoms with Gasteiger partial charge in [-0.3, -0.25) is 0 Å². The van der Waals surface area contributed by atoms with Crippen LogP contribution in [-0.2, 0) is 0 Å². The van der Waals surface area contributed by atoms with Gasteiger partial charge in [0, 0.05) is 30.0 Å². The van der Waals surface area contributed by atoms with Gasteiger partial charge in [-0.15, -0.1) is 0 Å². The Morgan fingerprint density at radius 3 is 2.83 bits per heavy atom. The second-order valence-electron chi connectivity index (χ2n) is 3.99. The number of hydrogen-bond donors (Lipinski definition) is 0. The molecule has 0 radical (unpaired) electrons. The first-order valence-corrected chi connectivity index (χ1v) is 7.16. The Morgan fingerprint density at radius 1 is 1.33 bits per heavy atom. The molecule has 1 heterocycles. The van der Waals surface area contributed by atoms with Crippen molar-refractivity contribution in [1.82, 2.24) is 4.98 Å². The lowest BCUT2D eigenvalue weighted by molar-refractivity contribution is 0.415. The maximum Gasteiger partial charge on any atom is 0.136 e. The molecule has 0 bridgehead atoms. The first kappa shape index (κ1) is 13.1. The molecule has 0 amide bonds. The Bertz CT molecular complexity index is 530. The van der Waals surface area contributed by atoms with Gasteiger partial charge < -0.3 is 9.64 Å². The van der Waals surface area contributed by atoms with Crippen molar-refractivity contribution in [3.63, 3.8) is 0 Å². The van der Waals surface area contributed by atoms with Crippen LogP contribution in [0.2, 0.25) is 0 Å². The SMILES string of the molecule is CCN(CCBr)c1nccc2cc(OC)ccc12. The van der Waals surface area contributed by atoms with Gasteiger partial charge in [-0.05, 0) is 36.6 Å². The predicted octanol–water partition coefficient (Wildman–Crippen LogP) is 3.46. The van der Waals surface area contributed by atoms with Crippen molar-refractivity contribution >= 4 is 32.5 Å².